The number of anilines is 1. The Bertz CT molecular complexity index is 694. The van der Waals surface area contributed by atoms with Crippen molar-refractivity contribution in [1.29, 1.82) is 5.26 Å². The quantitative estimate of drug-likeness (QED) is 0.897. The number of nitriles is 1. The first kappa shape index (κ1) is 14.2. The zero-order valence-corrected chi connectivity index (χ0v) is 12.3. The number of nitrogens with one attached hydrogen (secondary N) is 1. The summed E-state index contributed by atoms with van der Waals surface area (Å²) in [6.45, 7) is 3.78. The Hall–Kier alpha value is -2.17. The molecule has 1 atom stereocenters. The van der Waals surface area contributed by atoms with E-state index in [1.807, 2.05) is 13.8 Å². The van der Waals surface area contributed by atoms with Gasteiger partial charge in [0.1, 0.15) is 17.1 Å². The van der Waals surface area contributed by atoms with Crippen molar-refractivity contribution in [2.45, 2.75) is 19.9 Å². The number of carbonyl (C=O) groups is 1. The second-order valence-electron chi connectivity index (χ2n) is 4.51. The Morgan fingerprint density at radius 3 is 2.85 bits per heavy atom. The SMILES string of the molecule is Cc1sc(NC(=O)C(N)c2cnn(C)c2)c(C#N)c1C. The number of hydrogen-bond acceptors (Lipinski definition) is 5. The van der Waals surface area contributed by atoms with Gasteiger partial charge in [-0.15, -0.1) is 11.3 Å². The molecule has 0 saturated heterocycles. The van der Waals surface area contributed by atoms with Crippen LogP contribution in [0.25, 0.3) is 0 Å². The van der Waals surface area contributed by atoms with Crippen LogP contribution in [0, 0.1) is 25.2 Å². The van der Waals surface area contributed by atoms with E-state index in [0.29, 0.717) is 16.1 Å². The zero-order valence-electron chi connectivity index (χ0n) is 11.5. The average Bonchev–Trinajstić information content (AvgIpc) is 2.94. The number of aryl methyl sites for hydroxylation is 2. The van der Waals surface area contributed by atoms with Crippen molar-refractivity contribution < 1.29 is 4.79 Å². The molecule has 0 aliphatic carbocycles. The lowest BCUT2D eigenvalue weighted by atomic mass is 10.1. The van der Waals surface area contributed by atoms with Gasteiger partial charge in [-0.05, 0) is 19.4 Å². The summed E-state index contributed by atoms with van der Waals surface area (Å²) in [7, 11) is 1.76. The maximum atomic E-state index is 12.1. The minimum Gasteiger partial charge on any atom is -0.316 e. The molecule has 0 fully saturated rings. The van der Waals surface area contributed by atoms with E-state index in [4.69, 9.17) is 11.0 Å². The van der Waals surface area contributed by atoms with E-state index < -0.39 is 6.04 Å². The summed E-state index contributed by atoms with van der Waals surface area (Å²) in [5, 5.41) is 16.4. The Balaban J connectivity index is 2.20. The Labute approximate surface area is 120 Å². The molecule has 0 radical (unpaired) electrons. The predicted molar refractivity (Wildman–Crippen MR) is 77.3 cm³/mol. The van der Waals surface area contributed by atoms with Crippen LogP contribution in [0.4, 0.5) is 5.00 Å². The van der Waals surface area contributed by atoms with Crippen LogP contribution in [0.3, 0.4) is 0 Å². The molecule has 3 N–H and O–H groups in total. The first-order valence-electron chi connectivity index (χ1n) is 5.99. The summed E-state index contributed by atoms with van der Waals surface area (Å²) >= 11 is 1.38. The second-order valence-corrected chi connectivity index (χ2v) is 5.74. The van der Waals surface area contributed by atoms with Gasteiger partial charge in [0, 0.05) is 23.7 Å². The monoisotopic (exact) mass is 289 g/mol. The number of nitrogens with two attached hydrogens (primary N) is 1. The summed E-state index contributed by atoms with van der Waals surface area (Å²) in [6.07, 6.45) is 3.25. The van der Waals surface area contributed by atoms with Crippen LogP contribution in [0.15, 0.2) is 12.4 Å². The van der Waals surface area contributed by atoms with E-state index in [1.165, 1.54) is 11.3 Å². The molecule has 0 saturated carbocycles. The molecule has 0 spiro atoms. The number of rotatable bonds is 3. The zero-order chi connectivity index (χ0) is 14.9. The number of hydrogen-bond donors (Lipinski definition) is 2. The topological polar surface area (TPSA) is 96.7 Å². The van der Waals surface area contributed by atoms with Crippen molar-refractivity contribution in [3.8, 4) is 6.07 Å². The van der Waals surface area contributed by atoms with Crippen LogP contribution in [-0.2, 0) is 11.8 Å². The van der Waals surface area contributed by atoms with Crippen LogP contribution < -0.4 is 11.1 Å². The second kappa shape index (κ2) is 5.45. The number of amides is 1. The molecule has 0 aromatic carbocycles. The number of carbonyl (C=O) groups excluding carboxylic acids is 1. The van der Waals surface area contributed by atoms with Gasteiger partial charge in [0.05, 0.1) is 11.8 Å². The molecular weight excluding hydrogens is 274 g/mol. The minimum atomic E-state index is -0.807. The maximum Gasteiger partial charge on any atom is 0.246 e. The number of thiophene rings is 1. The Kier molecular flexibility index (Phi) is 3.88. The lowest BCUT2D eigenvalue weighted by Gasteiger charge is -2.09. The van der Waals surface area contributed by atoms with Gasteiger partial charge in [0.2, 0.25) is 5.91 Å². The molecule has 0 aliphatic heterocycles. The molecule has 2 heterocycles. The molecule has 7 heteroatoms. The summed E-state index contributed by atoms with van der Waals surface area (Å²) in [4.78, 5) is 13.1. The lowest BCUT2D eigenvalue weighted by Crippen LogP contribution is -2.27. The van der Waals surface area contributed by atoms with Crippen LogP contribution in [-0.4, -0.2) is 15.7 Å². The molecule has 104 valence electrons. The third-order valence-electron chi connectivity index (χ3n) is 3.10. The smallest absolute Gasteiger partial charge is 0.246 e. The largest absolute Gasteiger partial charge is 0.316 e. The van der Waals surface area contributed by atoms with Gasteiger partial charge in [0.15, 0.2) is 0 Å². The van der Waals surface area contributed by atoms with Crippen LogP contribution in [0.1, 0.15) is 27.6 Å². The van der Waals surface area contributed by atoms with Crippen molar-refractivity contribution in [2.24, 2.45) is 12.8 Å². The molecule has 2 aromatic rings. The first-order valence-corrected chi connectivity index (χ1v) is 6.80. The Morgan fingerprint density at radius 1 is 1.60 bits per heavy atom. The Morgan fingerprint density at radius 2 is 2.30 bits per heavy atom. The molecule has 0 bridgehead atoms. The van der Waals surface area contributed by atoms with E-state index in [9.17, 15) is 4.79 Å². The van der Waals surface area contributed by atoms with E-state index in [1.54, 1.807) is 24.1 Å². The highest BCUT2D eigenvalue weighted by molar-refractivity contribution is 7.16. The maximum absolute atomic E-state index is 12.1. The minimum absolute atomic E-state index is 0.351. The molecular formula is C13H15N5OS. The number of nitrogens with zero attached hydrogens (tertiary/aromatic N) is 3. The summed E-state index contributed by atoms with van der Waals surface area (Å²) < 4.78 is 1.59. The summed E-state index contributed by atoms with van der Waals surface area (Å²) in [5.41, 5.74) is 7.92. The molecule has 1 amide bonds. The molecule has 2 rings (SSSR count). The predicted octanol–water partition coefficient (Wildman–Crippen LogP) is 1.61. The third-order valence-corrected chi connectivity index (χ3v) is 4.22. The average molecular weight is 289 g/mol. The van der Waals surface area contributed by atoms with Crippen LogP contribution >= 0.6 is 11.3 Å². The fourth-order valence-corrected chi connectivity index (χ4v) is 2.81. The molecule has 1 unspecified atom stereocenters. The molecule has 20 heavy (non-hydrogen) atoms. The molecule has 2 aromatic heterocycles. The standard InChI is InChI=1S/C13H15N5OS/c1-7-8(2)20-13(10(7)4-14)17-12(19)11(15)9-5-16-18(3)6-9/h5-6,11H,15H2,1-3H3,(H,17,19). The van der Waals surface area contributed by atoms with E-state index in [0.717, 1.165) is 10.4 Å². The highest BCUT2D eigenvalue weighted by atomic mass is 32.1. The summed E-state index contributed by atoms with van der Waals surface area (Å²) in [5.74, 6) is -0.351. The molecule has 0 aliphatic rings. The van der Waals surface area contributed by atoms with Crippen molar-refractivity contribution in [2.75, 3.05) is 5.32 Å². The van der Waals surface area contributed by atoms with Gasteiger partial charge < -0.3 is 11.1 Å². The molecule has 6 nitrogen and oxygen atoms in total. The van der Waals surface area contributed by atoms with E-state index in [-0.39, 0.29) is 5.91 Å². The van der Waals surface area contributed by atoms with E-state index in [2.05, 4.69) is 16.5 Å². The normalized spacial score (nSPS) is 11.9. The number of aromatic nitrogens is 2. The lowest BCUT2D eigenvalue weighted by molar-refractivity contribution is -0.117. The van der Waals surface area contributed by atoms with Crippen LogP contribution in [0.2, 0.25) is 0 Å². The fourth-order valence-electron chi connectivity index (χ4n) is 1.79. The van der Waals surface area contributed by atoms with Crippen molar-refractivity contribution in [3.05, 3.63) is 34.0 Å². The third kappa shape index (κ3) is 2.57. The van der Waals surface area contributed by atoms with Crippen molar-refractivity contribution in [1.82, 2.24) is 9.78 Å². The van der Waals surface area contributed by atoms with Gasteiger partial charge in [0.25, 0.3) is 0 Å². The van der Waals surface area contributed by atoms with Crippen molar-refractivity contribution in [3.63, 3.8) is 0 Å². The van der Waals surface area contributed by atoms with Gasteiger partial charge in [-0.2, -0.15) is 10.4 Å². The van der Waals surface area contributed by atoms with Gasteiger partial charge >= 0.3 is 0 Å². The highest BCUT2D eigenvalue weighted by Gasteiger charge is 2.20. The van der Waals surface area contributed by atoms with Crippen molar-refractivity contribution >= 4 is 22.2 Å². The van der Waals surface area contributed by atoms with Gasteiger partial charge in [-0.25, -0.2) is 0 Å². The fraction of sp³-hybridized carbons (Fsp3) is 0.308. The van der Waals surface area contributed by atoms with Gasteiger partial charge in [-0.1, -0.05) is 0 Å². The van der Waals surface area contributed by atoms with E-state index >= 15 is 0 Å². The highest BCUT2D eigenvalue weighted by Crippen LogP contribution is 2.32. The van der Waals surface area contributed by atoms with Crippen LogP contribution in [0.5, 0.6) is 0 Å². The summed E-state index contributed by atoms with van der Waals surface area (Å²) in [6, 6.07) is 1.30. The van der Waals surface area contributed by atoms with Gasteiger partial charge in [-0.3, -0.25) is 9.48 Å². The first-order chi connectivity index (χ1) is 9.43.